The molecule has 0 saturated carbocycles. The Hall–Kier alpha value is -1.90. The van der Waals surface area contributed by atoms with Crippen LogP contribution in [0.4, 0.5) is 0 Å². The number of imide groups is 1. The van der Waals surface area contributed by atoms with Crippen molar-refractivity contribution >= 4 is 11.8 Å². The molecular formula is C16H17NO2. The van der Waals surface area contributed by atoms with Gasteiger partial charge in [0.2, 0.25) is 0 Å². The molecule has 3 heteroatoms. The lowest BCUT2D eigenvalue weighted by Crippen LogP contribution is -2.33. The number of carbonyl (C=O) groups excluding carboxylic acids is 2. The van der Waals surface area contributed by atoms with Crippen molar-refractivity contribution < 1.29 is 9.59 Å². The quantitative estimate of drug-likeness (QED) is 0.724. The van der Waals surface area contributed by atoms with Crippen LogP contribution in [-0.2, 0) is 9.59 Å². The Morgan fingerprint density at radius 3 is 2.11 bits per heavy atom. The van der Waals surface area contributed by atoms with Gasteiger partial charge in [-0.1, -0.05) is 19.1 Å². The molecule has 0 N–H and O–H groups in total. The minimum absolute atomic E-state index is 0.0973. The maximum absolute atomic E-state index is 11.9. The van der Waals surface area contributed by atoms with E-state index < -0.39 is 0 Å². The second-order valence-corrected chi connectivity index (χ2v) is 5.56. The van der Waals surface area contributed by atoms with Crippen LogP contribution < -0.4 is 0 Å². The Morgan fingerprint density at radius 2 is 1.53 bits per heavy atom. The first kappa shape index (κ1) is 12.2. The summed E-state index contributed by atoms with van der Waals surface area (Å²) in [6, 6.07) is 4.11. The van der Waals surface area contributed by atoms with E-state index in [1.54, 1.807) is 0 Å². The predicted octanol–water partition coefficient (Wildman–Crippen LogP) is 2.78. The Balaban J connectivity index is 2.12. The van der Waals surface area contributed by atoms with E-state index in [2.05, 4.69) is 32.9 Å². The largest absolute Gasteiger partial charge is 0.269 e. The average Bonchev–Trinajstić information content (AvgIpc) is 2.86. The summed E-state index contributed by atoms with van der Waals surface area (Å²) in [5, 5.41) is 0. The molecule has 2 aliphatic rings. The fourth-order valence-electron chi connectivity index (χ4n) is 3.47. The van der Waals surface area contributed by atoms with E-state index in [-0.39, 0.29) is 17.9 Å². The number of rotatable bonds is 1. The summed E-state index contributed by atoms with van der Waals surface area (Å²) < 4.78 is 0. The number of carbonyl (C=O) groups is 2. The molecule has 0 fully saturated rings. The summed E-state index contributed by atoms with van der Waals surface area (Å²) in [7, 11) is 0. The van der Waals surface area contributed by atoms with Crippen molar-refractivity contribution in [2.75, 3.05) is 0 Å². The summed E-state index contributed by atoms with van der Waals surface area (Å²) >= 11 is 0. The van der Waals surface area contributed by atoms with Crippen LogP contribution in [0.3, 0.4) is 0 Å². The van der Waals surface area contributed by atoms with Crippen LogP contribution in [0.25, 0.3) is 0 Å². The van der Waals surface area contributed by atoms with E-state index in [0.717, 1.165) is 6.42 Å². The van der Waals surface area contributed by atoms with Gasteiger partial charge in [-0.2, -0.15) is 0 Å². The maximum Gasteiger partial charge on any atom is 0.254 e. The second kappa shape index (κ2) is 4.05. The maximum atomic E-state index is 11.9. The zero-order valence-electron chi connectivity index (χ0n) is 11.4. The zero-order valence-corrected chi connectivity index (χ0v) is 11.4. The van der Waals surface area contributed by atoms with Crippen LogP contribution in [0.15, 0.2) is 24.3 Å². The Kier molecular flexibility index (Phi) is 2.59. The SMILES string of the molecule is Cc1ccc(C)c2c1[C@@H](C)C[C@@H]2N1C(=O)C=CC1=O. The zero-order chi connectivity index (χ0) is 13.7. The lowest BCUT2D eigenvalue weighted by Gasteiger charge is -2.24. The van der Waals surface area contributed by atoms with E-state index in [1.807, 2.05) is 0 Å². The van der Waals surface area contributed by atoms with Crippen LogP contribution >= 0.6 is 0 Å². The summed E-state index contributed by atoms with van der Waals surface area (Å²) in [5.74, 6) is 0.0213. The monoisotopic (exact) mass is 255 g/mol. The number of aryl methyl sites for hydroxylation is 2. The van der Waals surface area contributed by atoms with Crippen LogP contribution in [0.2, 0.25) is 0 Å². The van der Waals surface area contributed by atoms with Gasteiger partial charge in [-0.3, -0.25) is 14.5 Å². The number of amides is 2. The van der Waals surface area contributed by atoms with Crippen LogP contribution in [-0.4, -0.2) is 16.7 Å². The molecule has 98 valence electrons. The normalized spacial score (nSPS) is 25.3. The van der Waals surface area contributed by atoms with Gasteiger partial charge in [-0.15, -0.1) is 0 Å². The molecule has 2 atom stereocenters. The third-order valence-corrected chi connectivity index (χ3v) is 4.28. The molecule has 0 saturated heterocycles. The van der Waals surface area contributed by atoms with E-state index in [4.69, 9.17) is 0 Å². The van der Waals surface area contributed by atoms with E-state index in [0.29, 0.717) is 5.92 Å². The molecule has 0 spiro atoms. The highest BCUT2D eigenvalue weighted by Gasteiger charge is 2.40. The van der Waals surface area contributed by atoms with Gasteiger partial charge in [0.15, 0.2) is 0 Å². The third kappa shape index (κ3) is 1.65. The smallest absolute Gasteiger partial charge is 0.254 e. The van der Waals surface area contributed by atoms with Crippen molar-refractivity contribution in [2.45, 2.75) is 39.2 Å². The molecular weight excluding hydrogens is 238 g/mol. The lowest BCUT2D eigenvalue weighted by atomic mass is 9.95. The number of fused-ring (bicyclic) bond motifs is 1. The molecule has 2 amide bonds. The molecule has 1 aromatic carbocycles. The highest BCUT2D eigenvalue weighted by atomic mass is 16.2. The van der Waals surface area contributed by atoms with Crippen LogP contribution in [0.1, 0.15) is 47.6 Å². The molecule has 0 bridgehead atoms. The fraction of sp³-hybridized carbons (Fsp3) is 0.375. The number of benzene rings is 1. The number of nitrogens with zero attached hydrogens (tertiary/aromatic N) is 1. The minimum atomic E-state index is -0.184. The van der Waals surface area contributed by atoms with Gasteiger partial charge in [0.1, 0.15) is 0 Å². The molecule has 3 nitrogen and oxygen atoms in total. The first-order valence-corrected chi connectivity index (χ1v) is 6.66. The van der Waals surface area contributed by atoms with Gasteiger partial charge < -0.3 is 0 Å². The Bertz CT molecular complexity index is 597. The van der Waals surface area contributed by atoms with Gasteiger partial charge in [0.25, 0.3) is 11.8 Å². The topological polar surface area (TPSA) is 37.4 Å². The fourth-order valence-corrected chi connectivity index (χ4v) is 3.47. The summed E-state index contributed by atoms with van der Waals surface area (Å²) in [5.41, 5.74) is 4.92. The lowest BCUT2D eigenvalue weighted by molar-refractivity contribution is -0.139. The molecule has 1 aliphatic carbocycles. The number of hydrogen-bond acceptors (Lipinski definition) is 2. The summed E-state index contributed by atoms with van der Waals surface area (Å²) in [6.45, 7) is 6.33. The Morgan fingerprint density at radius 1 is 1.00 bits per heavy atom. The number of hydrogen-bond donors (Lipinski definition) is 0. The molecule has 1 aromatic rings. The van der Waals surface area contributed by atoms with E-state index in [1.165, 1.54) is 39.3 Å². The van der Waals surface area contributed by atoms with E-state index in [9.17, 15) is 9.59 Å². The minimum Gasteiger partial charge on any atom is -0.269 e. The van der Waals surface area contributed by atoms with Gasteiger partial charge in [-0.25, -0.2) is 0 Å². The van der Waals surface area contributed by atoms with Crippen molar-refractivity contribution in [3.63, 3.8) is 0 Å². The van der Waals surface area contributed by atoms with Crippen molar-refractivity contribution in [3.8, 4) is 0 Å². The predicted molar refractivity (Wildman–Crippen MR) is 72.7 cm³/mol. The van der Waals surface area contributed by atoms with E-state index >= 15 is 0 Å². The molecule has 3 rings (SSSR count). The highest BCUT2D eigenvalue weighted by molar-refractivity contribution is 6.13. The van der Waals surface area contributed by atoms with Crippen LogP contribution in [0, 0.1) is 13.8 Å². The van der Waals surface area contributed by atoms with Gasteiger partial charge in [0, 0.05) is 12.2 Å². The van der Waals surface area contributed by atoms with Crippen molar-refractivity contribution in [2.24, 2.45) is 0 Å². The van der Waals surface area contributed by atoms with Gasteiger partial charge in [-0.05, 0) is 48.4 Å². The highest BCUT2D eigenvalue weighted by Crippen LogP contribution is 2.46. The summed E-state index contributed by atoms with van der Waals surface area (Å²) in [4.78, 5) is 25.2. The molecule has 19 heavy (non-hydrogen) atoms. The molecule has 0 aromatic heterocycles. The Labute approximate surface area is 112 Å². The summed E-state index contributed by atoms with van der Waals surface area (Å²) in [6.07, 6.45) is 3.58. The van der Waals surface area contributed by atoms with Gasteiger partial charge in [0.05, 0.1) is 6.04 Å². The molecule has 0 radical (unpaired) electrons. The van der Waals surface area contributed by atoms with Crippen molar-refractivity contribution in [1.82, 2.24) is 4.90 Å². The second-order valence-electron chi connectivity index (χ2n) is 5.56. The van der Waals surface area contributed by atoms with Crippen LogP contribution in [0.5, 0.6) is 0 Å². The first-order chi connectivity index (χ1) is 9.00. The standard InChI is InChI=1S/C16H17NO2/c1-9-4-5-10(2)16-12(8-11(3)15(9)16)17-13(18)6-7-14(17)19/h4-7,11-12H,8H2,1-3H3/t11-,12-/m0/s1. The van der Waals surface area contributed by atoms with Crippen molar-refractivity contribution in [1.29, 1.82) is 0 Å². The van der Waals surface area contributed by atoms with Crippen molar-refractivity contribution in [3.05, 3.63) is 46.5 Å². The third-order valence-electron chi connectivity index (χ3n) is 4.28. The molecule has 0 unspecified atom stereocenters. The molecule has 1 heterocycles. The first-order valence-electron chi connectivity index (χ1n) is 6.66. The average molecular weight is 255 g/mol. The molecule has 1 aliphatic heterocycles. The van der Waals surface area contributed by atoms with Gasteiger partial charge >= 0.3 is 0 Å².